The van der Waals surface area contributed by atoms with E-state index < -0.39 is 9.84 Å². The molecule has 3 aromatic carbocycles. The minimum Gasteiger partial charge on any atom is -0.366 e. The molecule has 3 aromatic rings. The quantitative estimate of drug-likeness (QED) is 0.373. The molecule has 0 aliphatic carbocycles. The molecule has 5 rings (SSSR count). The summed E-state index contributed by atoms with van der Waals surface area (Å²) in [5, 5.41) is 5.42. The number of fused-ring (bicyclic) bond motifs is 2. The minimum atomic E-state index is -3.23. The van der Waals surface area contributed by atoms with E-state index in [2.05, 4.69) is 55.3 Å². The number of hydrogen-bond acceptors (Lipinski definition) is 4. The molecule has 37 heavy (non-hydrogen) atoms. The molecule has 2 aliphatic heterocycles. The molecular weight excluding hydrogens is 523 g/mol. The Morgan fingerprint density at radius 3 is 2.38 bits per heavy atom. The van der Waals surface area contributed by atoms with Gasteiger partial charge in [0.25, 0.3) is 0 Å². The van der Waals surface area contributed by atoms with Gasteiger partial charge in [-0.05, 0) is 64.9 Å². The van der Waals surface area contributed by atoms with Gasteiger partial charge in [0, 0.05) is 59.0 Å². The van der Waals surface area contributed by atoms with Gasteiger partial charge in [-0.2, -0.15) is 0 Å². The number of nitrogens with zero attached hydrogens (tertiary/aromatic N) is 1. The fourth-order valence-electron chi connectivity index (χ4n) is 6.32. The zero-order valence-corrected chi connectivity index (χ0v) is 24.1. The van der Waals surface area contributed by atoms with E-state index >= 15 is 0 Å². The maximum atomic E-state index is 12.0. The first-order valence-electron chi connectivity index (χ1n) is 12.7. The van der Waals surface area contributed by atoms with E-state index in [4.69, 9.17) is 23.2 Å². The fourth-order valence-corrected chi connectivity index (χ4v) is 7.39. The van der Waals surface area contributed by atoms with Crippen LogP contribution in [-0.4, -0.2) is 33.8 Å². The molecule has 0 radical (unpaired) electrons. The first-order chi connectivity index (χ1) is 17.4. The first-order valence-corrected chi connectivity index (χ1v) is 15.3. The predicted octanol–water partition coefficient (Wildman–Crippen LogP) is 6.85. The van der Waals surface area contributed by atoms with E-state index in [1.54, 1.807) is 12.1 Å². The van der Waals surface area contributed by atoms with E-state index in [1.165, 1.54) is 23.1 Å². The summed E-state index contributed by atoms with van der Waals surface area (Å²) >= 11 is 13.4. The van der Waals surface area contributed by atoms with E-state index in [-0.39, 0.29) is 22.8 Å². The number of anilines is 1. The molecule has 196 valence electrons. The van der Waals surface area contributed by atoms with Crippen molar-refractivity contribution in [1.29, 1.82) is 0 Å². The fraction of sp³-hybridized carbons (Fsp3) is 0.400. The lowest BCUT2D eigenvalue weighted by Crippen LogP contribution is -2.48. The average molecular weight is 558 g/mol. The van der Waals surface area contributed by atoms with Gasteiger partial charge in [-0.15, -0.1) is 0 Å². The Kier molecular flexibility index (Phi) is 6.89. The van der Waals surface area contributed by atoms with Gasteiger partial charge < -0.3 is 10.2 Å². The van der Waals surface area contributed by atoms with Gasteiger partial charge in [-0.25, -0.2) is 8.42 Å². The molecule has 1 saturated heterocycles. The number of nitrogens with one attached hydrogen (secondary N) is 1. The van der Waals surface area contributed by atoms with Gasteiger partial charge in [0.1, 0.15) is 0 Å². The lowest BCUT2D eigenvalue weighted by Gasteiger charge is -2.40. The van der Waals surface area contributed by atoms with Crippen LogP contribution in [0.5, 0.6) is 0 Å². The standard InChI is InChI=1S/C30H34Cl2N2O2S/c1-29(2,3)16-28-30(25(17-33-28)23-7-5-6-8-26(23)32)19-34(27-14-11-21(31)15-24(27)30)18-20-9-12-22(13-10-20)37(4,35)36/h5-15,25,28,33H,16-19H2,1-4H3/t25-,28+,30-/m1/s1. The Balaban J connectivity index is 1.61. The van der Waals surface area contributed by atoms with Crippen molar-refractivity contribution in [2.45, 2.75) is 56.0 Å². The molecule has 3 atom stereocenters. The number of rotatable bonds is 5. The molecule has 7 heteroatoms. The highest BCUT2D eigenvalue weighted by atomic mass is 35.5. The van der Waals surface area contributed by atoms with Crippen LogP contribution in [0.4, 0.5) is 5.69 Å². The minimum absolute atomic E-state index is 0.133. The van der Waals surface area contributed by atoms with Crippen molar-refractivity contribution in [2.24, 2.45) is 5.41 Å². The van der Waals surface area contributed by atoms with Crippen molar-refractivity contribution < 1.29 is 8.42 Å². The number of sulfone groups is 1. The smallest absolute Gasteiger partial charge is 0.175 e. The zero-order valence-electron chi connectivity index (χ0n) is 21.8. The summed E-state index contributed by atoms with van der Waals surface area (Å²) in [6, 6.07) is 21.9. The van der Waals surface area contributed by atoms with Crippen LogP contribution in [0.2, 0.25) is 10.0 Å². The molecule has 0 unspecified atom stereocenters. The second-order valence-corrected chi connectivity index (χ2v) is 14.6. The normalized spacial score (nSPS) is 23.6. The van der Waals surface area contributed by atoms with E-state index in [0.717, 1.165) is 35.1 Å². The molecule has 4 nitrogen and oxygen atoms in total. The summed E-state index contributed by atoms with van der Waals surface area (Å²) in [6.07, 6.45) is 2.25. The van der Waals surface area contributed by atoms with Gasteiger partial charge in [0.15, 0.2) is 9.84 Å². The van der Waals surface area contributed by atoms with Crippen LogP contribution in [0.3, 0.4) is 0 Å². The van der Waals surface area contributed by atoms with E-state index in [0.29, 0.717) is 11.4 Å². The maximum Gasteiger partial charge on any atom is 0.175 e. The molecule has 1 spiro atoms. The van der Waals surface area contributed by atoms with Crippen LogP contribution >= 0.6 is 23.2 Å². The second-order valence-electron chi connectivity index (χ2n) is 11.8. The van der Waals surface area contributed by atoms with Crippen LogP contribution in [0.1, 0.15) is 49.8 Å². The van der Waals surface area contributed by atoms with Crippen LogP contribution in [-0.2, 0) is 21.8 Å². The topological polar surface area (TPSA) is 49.4 Å². The highest BCUT2D eigenvalue weighted by molar-refractivity contribution is 7.90. The Labute approximate surface area is 230 Å². The first kappa shape index (κ1) is 26.6. The average Bonchev–Trinajstić information content (AvgIpc) is 3.31. The molecule has 2 heterocycles. The summed E-state index contributed by atoms with van der Waals surface area (Å²) in [4.78, 5) is 2.76. The number of benzene rings is 3. The molecule has 2 aliphatic rings. The van der Waals surface area contributed by atoms with Crippen LogP contribution in [0.15, 0.2) is 71.6 Å². The lowest BCUT2D eigenvalue weighted by atomic mass is 9.64. The Morgan fingerprint density at radius 1 is 1.03 bits per heavy atom. The van der Waals surface area contributed by atoms with E-state index in [9.17, 15) is 8.42 Å². The molecule has 1 N–H and O–H groups in total. The molecule has 0 bridgehead atoms. The monoisotopic (exact) mass is 556 g/mol. The number of halogens is 2. The summed E-state index contributed by atoms with van der Waals surface area (Å²) in [5.41, 5.74) is 4.59. The lowest BCUT2D eigenvalue weighted by molar-refractivity contribution is 0.256. The largest absolute Gasteiger partial charge is 0.366 e. The van der Waals surface area contributed by atoms with E-state index in [1.807, 2.05) is 30.3 Å². The summed E-state index contributed by atoms with van der Waals surface area (Å²) < 4.78 is 23.9. The van der Waals surface area contributed by atoms with Crippen molar-refractivity contribution in [3.05, 3.63) is 93.5 Å². The van der Waals surface area contributed by atoms with Crippen LogP contribution in [0, 0.1) is 5.41 Å². The summed E-state index contributed by atoms with van der Waals surface area (Å²) in [7, 11) is -3.23. The van der Waals surface area contributed by atoms with Gasteiger partial charge in [-0.3, -0.25) is 0 Å². The van der Waals surface area contributed by atoms with Crippen molar-refractivity contribution in [3.8, 4) is 0 Å². The molecule has 0 aromatic heterocycles. The third kappa shape index (κ3) is 5.04. The highest BCUT2D eigenvalue weighted by Crippen LogP contribution is 2.56. The second kappa shape index (κ2) is 9.60. The SMILES string of the molecule is CC(C)(C)C[C@@H]1NC[C@H](c2ccccc2Cl)[C@]12CN(Cc1ccc(S(C)(=O)=O)cc1)c1ccc(Cl)cc12. The Bertz CT molecular complexity index is 1420. The van der Waals surface area contributed by atoms with Crippen molar-refractivity contribution in [3.63, 3.8) is 0 Å². The van der Waals surface area contributed by atoms with Gasteiger partial charge >= 0.3 is 0 Å². The third-order valence-corrected chi connectivity index (χ3v) is 9.60. The van der Waals surface area contributed by atoms with Gasteiger partial charge in [0.2, 0.25) is 0 Å². The molecule has 0 saturated carbocycles. The third-order valence-electron chi connectivity index (χ3n) is 7.89. The molecular formula is C30H34Cl2N2O2S. The Morgan fingerprint density at radius 2 is 1.73 bits per heavy atom. The maximum absolute atomic E-state index is 12.0. The van der Waals surface area contributed by atoms with Crippen LogP contribution < -0.4 is 10.2 Å². The van der Waals surface area contributed by atoms with Crippen LogP contribution in [0.25, 0.3) is 0 Å². The van der Waals surface area contributed by atoms with Gasteiger partial charge in [-0.1, -0.05) is 74.3 Å². The summed E-state index contributed by atoms with van der Waals surface area (Å²) in [5.74, 6) is 0.184. The zero-order chi connectivity index (χ0) is 26.6. The molecule has 1 fully saturated rings. The van der Waals surface area contributed by atoms with Crippen molar-refractivity contribution >= 4 is 38.7 Å². The van der Waals surface area contributed by atoms with Crippen molar-refractivity contribution in [1.82, 2.24) is 5.32 Å². The number of hydrogen-bond donors (Lipinski definition) is 1. The molecule has 0 amide bonds. The highest BCUT2D eigenvalue weighted by Gasteiger charge is 2.57. The van der Waals surface area contributed by atoms with Gasteiger partial charge in [0.05, 0.1) is 4.90 Å². The Hall–Kier alpha value is -2.05. The predicted molar refractivity (Wildman–Crippen MR) is 154 cm³/mol. The van der Waals surface area contributed by atoms with Crippen molar-refractivity contribution in [2.75, 3.05) is 24.2 Å². The summed E-state index contributed by atoms with van der Waals surface area (Å²) in [6.45, 7) is 9.21.